The summed E-state index contributed by atoms with van der Waals surface area (Å²) in [4.78, 5) is 22.3. The number of nitrogens with zero attached hydrogens (tertiary/aromatic N) is 1. The van der Waals surface area contributed by atoms with Crippen molar-refractivity contribution in [1.82, 2.24) is 0 Å². The number of hydrogen-bond acceptors (Lipinski definition) is 4. The van der Waals surface area contributed by atoms with Crippen LogP contribution in [0.2, 0.25) is 0 Å². The zero-order valence-corrected chi connectivity index (χ0v) is 12.8. The van der Waals surface area contributed by atoms with E-state index in [4.69, 9.17) is 0 Å². The monoisotopic (exact) mass is 288 g/mol. The molecule has 0 atom stereocenters. The number of anilines is 1. The minimum atomic E-state index is -0.376. The molecule has 0 bridgehead atoms. The minimum absolute atomic E-state index is 0.0576. The Bertz CT molecular complexity index is 645. The number of benzene rings is 1. The van der Waals surface area contributed by atoms with Gasteiger partial charge in [-0.25, -0.2) is 0 Å². The minimum Gasteiger partial charge on any atom is -0.359 e. The van der Waals surface area contributed by atoms with Crippen LogP contribution in [0.25, 0.3) is 0 Å². The van der Waals surface area contributed by atoms with Crippen LogP contribution in [0, 0.1) is 29.4 Å². The lowest BCUT2D eigenvalue weighted by molar-refractivity contribution is -0.385. The van der Waals surface area contributed by atoms with E-state index in [2.05, 4.69) is 19.2 Å². The molecule has 0 fully saturated rings. The molecule has 0 radical (unpaired) electrons. The zero-order valence-electron chi connectivity index (χ0n) is 12.8. The third kappa shape index (κ3) is 3.48. The normalized spacial score (nSPS) is 17.3. The number of carbonyl (C=O) groups excluding carboxylic acids is 1. The second-order valence-electron chi connectivity index (χ2n) is 6.49. The summed E-state index contributed by atoms with van der Waals surface area (Å²) in [5, 5.41) is 14.2. The second kappa shape index (κ2) is 5.31. The first-order valence-electron chi connectivity index (χ1n) is 6.94. The molecule has 0 saturated carbocycles. The molecule has 1 aliphatic carbocycles. The van der Waals surface area contributed by atoms with Gasteiger partial charge in [-0.2, -0.15) is 0 Å². The fraction of sp³-hybridized carbons (Fsp3) is 0.438. The number of allylic oxidation sites excluding steroid dienone is 2. The van der Waals surface area contributed by atoms with Crippen LogP contribution < -0.4 is 5.32 Å². The van der Waals surface area contributed by atoms with Gasteiger partial charge in [0.25, 0.3) is 5.69 Å². The van der Waals surface area contributed by atoms with Crippen molar-refractivity contribution in [2.24, 2.45) is 5.41 Å². The van der Waals surface area contributed by atoms with E-state index < -0.39 is 0 Å². The van der Waals surface area contributed by atoms with Gasteiger partial charge in [-0.15, -0.1) is 0 Å². The third-order valence-electron chi connectivity index (χ3n) is 3.69. The summed E-state index contributed by atoms with van der Waals surface area (Å²) >= 11 is 0. The quantitative estimate of drug-likeness (QED) is 0.676. The SMILES string of the molecule is Cc1cc([N+](=O)[O-])c(C)cc1NC1=CC(=O)CC(C)(C)C1. The topological polar surface area (TPSA) is 72.2 Å². The van der Waals surface area contributed by atoms with Gasteiger partial charge in [0, 0.05) is 35.5 Å². The summed E-state index contributed by atoms with van der Waals surface area (Å²) in [6.07, 6.45) is 2.98. The van der Waals surface area contributed by atoms with Gasteiger partial charge >= 0.3 is 0 Å². The van der Waals surface area contributed by atoms with Gasteiger partial charge in [-0.05, 0) is 37.3 Å². The van der Waals surface area contributed by atoms with E-state index in [1.54, 1.807) is 25.1 Å². The largest absolute Gasteiger partial charge is 0.359 e. The van der Waals surface area contributed by atoms with Crippen LogP contribution in [0.15, 0.2) is 23.9 Å². The van der Waals surface area contributed by atoms with Crippen LogP contribution in [-0.4, -0.2) is 10.7 Å². The number of nitro benzene ring substituents is 1. The molecular formula is C16H20N2O3. The Morgan fingerprint density at radius 1 is 1.19 bits per heavy atom. The average molecular weight is 288 g/mol. The molecule has 0 spiro atoms. The van der Waals surface area contributed by atoms with Gasteiger partial charge in [0.1, 0.15) is 0 Å². The van der Waals surface area contributed by atoms with Gasteiger partial charge in [-0.3, -0.25) is 14.9 Å². The molecule has 0 unspecified atom stereocenters. The molecule has 1 N–H and O–H groups in total. The van der Waals surface area contributed by atoms with Crippen molar-refractivity contribution in [2.75, 3.05) is 5.32 Å². The maximum Gasteiger partial charge on any atom is 0.272 e. The van der Waals surface area contributed by atoms with Crippen molar-refractivity contribution in [3.8, 4) is 0 Å². The van der Waals surface area contributed by atoms with Gasteiger partial charge in [0.05, 0.1) is 4.92 Å². The Labute approximate surface area is 124 Å². The average Bonchev–Trinajstić information content (AvgIpc) is 2.30. The van der Waals surface area contributed by atoms with Crippen molar-refractivity contribution in [3.05, 3.63) is 45.1 Å². The lowest BCUT2D eigenvalue weighted by atomic mass is 9.79. The van der Waals surface area contributed by atoms with E-state index in [1.807, 2.05) is 6.92 Å². The molecule has 2 rings (SSSR count). The first kappa shape index (κ1) is 15.2. The van der Waals surface area contributed by atoms with E-state index in [-0.39, 0.29) is 21.8 Å². The lowest BCUT2D eigenvalue weighted by Gasteiger charge is -2.29. The maximum atomic E-state index is 11.8. The van der Waals surface area contributed by atoms with Crippen molar-refractivity contribution in [1.29, 1.82) is 0 Å². The molecule has 0 aliphatic heterocycles. The van der Waals surface area contributed by atoms with Crippen LogP contribution in [0.5, 0.6) is 0 Å². The fourth-order valence-electron chi connectivity index (χ4n) is 2.73. The molecule has 1 aliphatic rings. The molecule has 21 heavy (non-hydrogen) atoms. The van der Waals surface area contributed by atoms with E-state index in [0.717, 1.165) is 23.4 Å². The summed E-state index contributed by atoms with van der Waals surface area (Å²) < 4.78 is 0. The molecule has 5 heteroatoms. The molecule has 0 saturated heterocycles. The number of nitro groups is 1. The number of rotatable bonds is 3. The molecule has 0 heterocycles. The molecule has 5 nitrogen and oxygen atoms in total. The number of nitrogens with one attached hydrogen (secondary N) is 1. The molecule has 1 aromatic rings. The molecular weight excluding hydrogens is 268 g/mol. The number of hydrogen-bond donors (Lipinski definition) is 1. The van der Waals surface area contributed by atoms with Crippen molar-refractivity contribution < 1.29 is 9.72 Å². The standard InChI is InChI=1S/C16H20N2O3/c1-10-6-15(18(20)21)11(2)5-14(10)17-12-7-13(19)9-16(3,4)8-12/h5-7,17H,8-9H2,1-4H3. The summed E-state index contributed by atoms with van der Waals surface area (Å²) in [5.74, 6) is 0.116. The Kier molecular flexibility index (Phi) is 3.85. The summed E-state index contributed by atoms with van der Waals surface area (Å²) in [6, 6.07) is 3.33. The fourth-order valence-corrected chi connectivity index (χ4v) is 2.73. The predicted molar refractivity (Wildman–Crippen MR) is 82.3 cm³/mol. The Balaban J connectivity index is 2.30. The van der Waals surface area contributed by atoms with E-state index in [0.29, 0.717) is 12.0 Å². The van der Waals surface area contributed by atoms with Gasteiger partial charge < -0.3 is 5.32 Å². The second-order valence-corrected chi connectivity index (χ2v) is 6.49. The summed E-state index contributed by atoms with van der Waals surface area (Å²) in [6.45, 7) is 7.67. The first-order chi connectivity index (χ1) is 9.68. The van der Waals surface area contributed by atoms with E-state index >= 15 is 0 Å². The molecule has 0 aromatic heterocycles. The Morgan fingerprint density at radius 3 is 2.43 bits per heavy atom. The molecule has 112 valence electrons. The first-order valence-corrected chi connectivity index (χ1v) is 6.94. The van der Waals surface area contributed by atoms with Gasteiger partial charge in [-0.1, -0.05) is 13.8 Å². The van der Waals surface area contributed by atoms with Crippen molar-refractivity contribution in [3.63, 3.8) is 0 Å². The van der Waals surface area contributed by atoms with E-state index in [9.17, 15) is 14.9 Å². The summed E-state index contributed by atoms with van der Waals surface area (Å²) in [7, 11) is 0. The number of aryl methyl sites for hydroxylation is 2. The Hall–Kier alpha value is -2.17. The van der Waals surface area contributed by atoms with Crippen molar-refractivity contribution >= 4 is 17.2 Å². The smallest absolute Gasteiger partial charge is 0.272 e. The molecule has 1 aromatic carbocycles. The van der Waals surface area contributed by atoms with Gasteiger partial charge in [0.15, 0.2) is 5.78 Å². The number of carbonyl (C=O) groups is 1. The van der Waals surface area contributed by atoms with E-state index in [1.165, 1.54) is 0 Å². The van der Waals surface area contributed by atoms with Crippen LogP contribution in [0.4, 0.5) is 11.4 Å². The predicted octanol–water partition coefficient (Wildman–Crippen LogP) is 3.90. The zero-order chi connectivity index (χ0) is 15.8. The highest BCUT2D eigenvalue weighted by molar-refractivity contribution is 5.92. The highest BCUT2D eigenvalue weighted by Crippen LogP contribution is 2.35. The van der Waals surface area contributed by atoms with Crippen LogP contribution >= 0.6 is 0 Å². The molecule has 0 amide bonds. The van der Waals surface area contributed by atoms with Crippen LogP contribution in [-0.2, 0) is 4.79 Å². The highest BCUT2D eigenvalue weighted by Gasteiger charge is 2.27. The number of ketones is 1. The lowest BCUT2D eigenvalue weighted by Crippen LogP contribution is -2.24. The highest BCUT2D eigenvalue weighted by atomic mass is 16.6. The summed E-state index contributed by atoms with van der Waals surface area (Å²) in [5.41, 5.74) is 3.14. The maximum absolute atomic E-state index is 11.8. The third-order valence-corrected chi connectivity index (χ3v) is 3.69. The Morgan fingerprint density at radius 2 is 1.86 bits per heavy atom. The van der Waals surface area contributed by atoms with Gasteiger partial charge in [0.2, 0.25) is 0 Å². The van der Waals surface area contributed by atoms with Crippen molar-refractivity contribution in [2.45, 2.75) is 40.5 Å². The van der Waals surface area contributed by atoms with Crippen LogP contribution in [0.3, 0.4) is 0 Å². The van der Waals surface area contributed by atoms with Crippen LogP contribution in [0.1, 0.15) is 37.8 Å².